The average molecular weight is 554 g/mol. The maximum absolute atomic E-state index is 13.1. The van der Waals surface area contributed by atoms with Crippen LogP contribution in [-0.2, 0) is 11.0 Å². The molecule has 0 saturated carbocycles. The van der Waals surface area contributed by atoms with Crippen LogP contribution >= 0.6 is 11.6 Å². The smallest absolute Gasteiger partial charge is 0.252 e. The second-order valence-electron chi connectivity index (χ2n) is 10.7. The maximum atomic E-state index is 13.1. The van der Waals surface area contributed by atoms with Crippen molar-refractivity contribution in [2.45, 2.75) is 36.7 Å². The second-order valence-corrected chi connectivity index (χ2v) is 11.2. The van der Waals surface area contributed by atoms with Crippen LogP contribution in [0.5, 0.6) is 0 Å². The van der Waals surface area contributed by atoms with E-state index in [1.165, 1.54) is 11.1 Å². The number of nitrogens with zero attached hydrogens (tertiary/aromatic N) is 2. The third kappa shape index (κ3) is 6.44. The van der Waals surface area contributed by atoms with Crippen LogP contribution in [-0.4, -0.2) is 47.1 Å². The summed E-state index contributed by atoms with van der Waals surface area (Å²) in [5.41, 5.74) is 2.66. The number of carbonyl (C=O) groups is 1. The van der Waals surface area contributed by atoms with E-state index in [1.807, 2.05) is 36.4 Å². The Morgan fingerprint density at radius 1 is 0.900 bits per heavy atom. The molecule has 206 valence electrons. The van der Waals surface area contributed by atoms with Gasteiger partial charge in [0, 0.05) is 42.5 Å². The third-order valence-electron chi connectivity index (χ3n) is 8.27. The SMILES string of the molecule is O=C(NCC(CCCN1CCC(O)(c2ccc(Cl)cc2)CC1)(c1ccccc1)c1ccccc1)c1cccnc1. The number of benzene rings is 3. The van der Waals surface area contributed by atoms with Crippen LogP contribution in [0.1, 0.15) is 52.7 Å². The minimum Gasteiger partial charge on any atom is -0.385 e. The number of hydrogen-bond donors (Lipinski definition) is 2. The first kappa shape index (κ1) is 28.0. The Morgan fingerprint density at radius 3 is 2.10 bits per heavy atom. The molecule has 5 nitrogen and oxygen atoms in total. The van der Waals surface area contributed by atoms with Gasteiger partial charge in [-0.3, -0.25) is 9.78 Å². The molecule has 1 fully saturated rings. The first-order valence-corrected chi connectivity index (χ1v) is 14.4. The number of hydrogen-bond acceptors (Lipinski definition) is 4. The highest BCUT2D eigenvalue weighted by molar-refractivity contribution is 6.30. The van der Waals surface area contributed by atoms with Crippen molar-refractivity contribution in [3.63, 3.8) is 0 Å². The van der Waals surface area contributed by atoms with Crippen molar-refractivity contribution < 1.29 is 9.90 Å². The van der Waals surface area contributed by atoms with E-state index in [0.717, 1.165) is 38.0 Å². The van der Waals surface area contributed by atoms with Crippen LogP contribution in [0, 0.1) is 0 Å². The molecule has 2 heterocycles. The van der Waals surface area contributed by atoms with Crippen molar-refractivity contribution in [2.24, 2.45) is 0 Å². The van der Waals surface area contributed by atoms with E-state index in [4.69, 9.17) is 11.6 Å². The lowest BCUT2D eigenvalue weighted by Gasteiger charge is -2.40. The monoisotopic (exact) mass is 553 g/mol. The Bertz CT molecular complexity index is 1320. The van der Waals surface area contributed by atoms with E-state index >= 15 is 0 Å². The standard InChI is InChI=1S/C34H36ClN3O2/c35-31-16-14-30(15-17-31)34(40)19-23-38(24-20-34)22-8-18-33(28-10-3-1-4-11-28,29-12-5-2-6-13-29)26-37-32(39)27-9-7-21-36-25-27/h1-7,9-17,21,25,40H,8,18-20,22-24,26H2,(H,37,39). The fourth-order valence-electron chi connectivity index (χ4n) is 5.89. The number of amides is 1. The van der Waals surface area contributed by atoms with Crippen molar-refractivity contribution >= 4 is 17.5 Å². The van der Waals surface area contributed by atoms with Gasteiger partial charge in [-0.2, -0.15) is 0 Å². The van der Waals surface area contributed by atoms with E-state index in [2.05, 4.69) is 63.7 Å². The van der Waals surface area contributed by atoms with Crippen molar-refractivity contribution in [1.82, 2.24) is 15.2 Å². The van der Waals surface area contributed by atoms with Crippen molar-refractivity contribution in [2.75, 3.05) is 26.2 Å². The van der Waals surface area contributed by atoms with E-state index in [0.29, 0.717) is 30.0 Å². The predicted molar refractivity (Wildman–Crippen MR) is 160 cm³/mol. The molecule has 3 aromatic carbocycles. The zero-order valence-corrected chi connectivity index (χ0v) is 23.4. The molecule has 1 aliphatic heterocycles. The number of aromatic nitrogens is 1. The minimum absolute atomic E-state index is 0.123. The summed E-state index contributed by atoms with van der Waals surface area (Å²) >= 11 is 6.06. The normalized spacial score (nSPS) is 15.4. The van der Waals surface area contributed by atoms with Crippen LogP contribution in [0.3, 0.4) is 0 Å². The molecule has 0 aliphatic carbocycles. The second kappa shape index (κ2) is 12.8. The molecule has 0 spiro atoms. The molecule has 6 heteroatoms. The van der Waals surface area contributed by atoms with Crippen LogP contribution < -0.4 is 5.32 Å². The Balaban J connectivity index is 1.31. The summed E-state index contributed by atoms with van der Waals surface area (Å²) in [5.74, 6) is -0.123. The van der Waals surface area contributed by atoms with Crippen LogP contribution in [0.4, 0.5) is 0 Å². The number of likely N-dealkylation sites (tertiary alicyclic amines) is 1. The predicted octanol–water partition coefficient (Wildman–Crippen LogP) is 6.21. The van der Waals surface area contributed by atoms with Gasteiger partial charge in [0.15, 0.2) is 0 Å². The molecule has 1 aromatic heterocycles. The highest BCUT2D eigenvalue weighted by atomic mass is 35.5. The highest BCUT2D eigenvalue weighted by Crippen LogP contribution is 2.38. The molecular weight excluding hydrogens is 518 g/mol. The van der Waals surface area contributed by atoms with Crippen molar-refractivity contribution in [1.29, 1.82) is 0 Å². The van der Waals surface area contributed by atoms with Gasteiger partial charge in [0.05, 0.1) is 11.2 Å². The summed E-state index contributed by atoms with van der Waals surface area (Å²) in [5, 5.41) is 15.2. The summed E-state index contributed by atoms with van der Waals surface area (Å²) in [6, 6.07) is 32.1. The van der Waals surface area contributed by atoms with E-state index in [-0.39, 0.29) is 11.3 Å². The lowest BCUT2D eigenvalue weighted by Crippen LogP contribution is -2.44. The minimum atomic E-state index is -0.810. The van der Waals surface area contributed by atoms with Gasteiger partial charge in [-0.15, -0.1) is 0 Å². The van der Waals surface area contributed by atoms with Crippen molar-refractivity contribution in [3.05, 3.63) is 137 Å². The van der Waals surface area contributed by atoms with Crippen LogP contribution in [0.15, 0.2) is 109 Å². The van der Waals surface area contributed by atoms with E-state index < -0.39 is 5.60 Å². The quantitative estimate of drug-likeness (QED) is 0.245. The number of nitrogens with one attached hydrogen (secondary N) is 1. The van der Waals surface area contributed by atoms with Gasteiger partial charge in [0.1, 0.15) is 0 Å². The fraction of sp³-hybridized carbons (Fsp3) is 0.294. The molecular formula is C34H36ClN3O2. The lowest BCUT2D eigenvalue weighted by atomic mass is 9.71. The van der Waals surface area contributed by atoms with Crippen molar-refractivity contribution in [3.8, 4) is 0 Å². The first-order chi connectivity index (χ1) is 19.5. The molecule has 2 N–H and O–H groups in total. The number of aliphatic hydroxyl groups is 1. The Kier molecular flexibility index (Phi) is 8.95. The summed E-state index contributed by atoms with van der Waals surface area (Å²) in [4.78, 5) is 19.6. The highest BCUT2D eigenvalue weighted by Gasteiger charge is 2.36. The zero-order valence-electron chi connectivity index (χ0n) is 22.7. The fourth-order valence-corrected chi connectivity index (χ4v) is 6.02. The van der Waals surface area contributed by atoms with Gasteiger partial charge in [-0.1, -0.05) is 84.4 Å². The molecule has 1 amide bonds. The van der Waals surface area contributed by atoms with E-state index in [1.54, 1.807) is 24.5 Å². The maximum Gasteiger partial charge on any atom is 0.252 e. The zero-order chi connectivity index (χ0) is 27.8. The third-order valence-corrected chi connectivity index (χ3v) is 8.52. The molecule has 4 aromatic rings. The summed E-state index contributed by atoms with van der Waals surface area (Å²) in [7, 11) is 0. The largest absolute Gasteiger partial charge is 0.385 e. The number of piperidine rings is 1. The van der Waals surface area contributed by atoms with Gasteiger partial charge >= 0.3 is 0 Å². The number of carbonyl (C=O) groups excluding carboxylic acids is 1. The van der Waals surface area contributed by atoms with Crippen LogP contribution in [0.2, 0.25) is 5.02 Å². The number of halogens is 1. The Morgan fingerprint density at radius 2 is 1.52 bits per heavy atom. The van der Waals surface area contributed by atoms with Gasteiger partial charge < -0.3 is 15.3 Å². The Labute approximate surface area is 241 Å². The van der Waals surface area contributed by atoms with Gasteiger partial charge in [0.25, 0.3) is 5.91 Å². The molecule has 0 radical (unpaired) electrons. The van der Waals surface area contributed by atoms with Gasteiger partial charge in [-0.25, -0.2) is 0 Å². The number of pyridine rings is 1. The molecule has 0 atom stereocenters. The average Bonchev–Trinajstić information content (AvgIpc) is 3.01. The molecule has 1 aliphatic rings. The molecule has 5 rings (SSSR count). The molecule has 0 bridgehead atoms. The first-order valence-electron chi connectivity index (χ1n) is 14.0. The molecule has 40 heavy (non-hydrogen) atoms. The lowest BCUT2D eigenvalue weighted by molar-refractivity contribution is -0.0262. The van der Waals surface area contributed by atoms with Crippen LogP contribution in [0.25, 0.3) is 0 Å². The molecule has 1 saturated heterocycles. The number of rotatable bonds is 10. The summed E-state index contributed by atoms with van der Waals surface area (Å²) in [6.45, 7) is 3.07. The summed E-state index contributed by atoms with van der Waals surface area (Å²) < 4.78 is 0. The van der Waals surface area contributed by atoms with Gasteiger partial charge in [0.2, 0.25) is 0 Å². The Hall–Kier alpha value is -3.51. The van der Waals surface area contributed by atoms with E-state index in [9.17, 15) is 9.90 Å². The summed E-state index contributed by atoms with van der Waals surface area (Å²) in [6.07, 6.45) is 6.48. The molecule has 0 unspecified atom stereocenters. The van der Waals surface area contributed by atoms with Gasteiger partial charge in [-0.05, 0) is 73.2 Å². The topological polar surface area (TPSA) is 65.5 Å².